The van der Waals surface area contributed by atoms with E-state index in [1.54, 1.807) is 12.1 Å². The van der Waals surface area contributed by atoms with Gasteiger partial charge in [0.05, 0.1) is 21.5 Å². The first kappa shape index (κ1) is 51.6. The van der Waals surface area contributed by atoms with Crippen molar-refractivity contribution < 1.29 is 44.8 Å². The Hall–Kier alpha value is -6.74. The van der Waals surface area contributed by atoms with Crippen molar-refractivity contribution in [2.24, 2.45) is 5.92 Å². The van der Waals surface area contributed by atoms with Gasteiger partial charge in [-0.25, -0.2) is 4.98 Å². The number of aromatic nitrogens is 4. The zero-order valence-corrected chi connectivity index (χ0v) is 42.7. The Bertz CT molecular complexity index is 3250. The molecule has 8 rings (SSSR count). The minimum Gasteiger partial charge on any atom is -0.471 e. The molecule has 380 valence electrons. The number of rotatable bonds is 18. The lowest BCUT2D eigenvalue weighted by molar-refractivity contribution is -0.433. The summed E-state index contributed by atoms with van der Waals surface area (Å²) in [4.78, 5) is 43.7. The largest absolute Gasteiger partial charge is 0.471 e. The maximum atomic E-state index is 13.5. The molecule has 7 N–H and O–H groups in total. The van der Waals surface area contributed by atoms with Gasteiger partial charge in [-0.05, 0) is 126 Å². The summed E-state index contributed by atoms with van der Waals surface area (Å²) in [5.74, 6) is 0.128. The second kappa shape index (κ2) is 20.8. The monoisotopic (exact) mass is 1020 g/mol. The highest BCUT2D eigenvalue weighted by Gasteiger charge is 2.45. The molecule has 20 heteroatoms. The molecule has 0 saturated heterocycles. The number of likely N-dealkylation sites (N-methyl/N-ethyl adjacent to an activating group) is 1. The summed E-state index contributed by atoms with van der Waals surface area (Å²) in [6.45, 7) is 11.9. The number of nitrogens with two attached hydrogens (primary N) is 1. The molecule has 1 atom stereocenters. The quantitative estimate of drug-likeness (QED) is 0.0285. The lowest BCUT2D eigenvalue weighted by Crippen LogP contribution is -2.40. The predicted molar refractivity (Wildman–Crippen MR) is 274 cm³/mol. The Morgan fingerprint density at radius 1 is 0.903 bits per heavy atom. The van der Waals surface area contributed by atoms with Crippen molar-refractivity contribution in [3.63, 3.8) is 0 Å². The van der Waals surface area contributed by atoms with Gasteiger partial charge in [-0.1, -0.05) is 42.5 Å². The molecule has 0 radical (unpaired) electrons. The minimum absolute atomic E-state index is 0.0138. The van der Waals surface area contributed by atoms with Crippen molar-refractivity contribution in [1.29, 1.82) is 0 Å². The third-order valence-corrected chi connectivity index (χ3v) is 15.9. The molecule has 3 aliphatic rings. The van der Waals surface area contributed by atoms with E-state index in [9.17, 15) is 35.5 Å². The van der Waals surface area contributed by atoms with Gasteiger partial charge in [-0.3, -0.25) is 18.7 Å². The number of nitrogens with zero attached hydrogens (tertiary/aromatic N) is 5. The number of hydrogen-bond acceptors (Lipinski definition) is 12. The number of benzene rings is 3. The summed E-state index contributed by atoms with van der Waals surface area (Å²) in [7, 11) is -8.88. The van der Waals surface area contributed by atoms with E-state index in [0.717, 1.165) is 45.0 Å². The van der Waals surface area contributed by atoms with Gasteiger partial charge < -0.3 is 31.0 Å². The second-order valence-electron chi connectivity index (χ2n) is 19.2. The molecule has 1 saturated carbocycles. The average molecular weight is 1020 g/mol. The van der Waals surface area contributed by atoms with Crippen LogP contribution in [0.25, 0.3) is 11.2 Å². The number of carbonyl (C=O) groups excluding carboxylic acids is 2. The molecule has 2 aliphatic heterocycles. The maximum absolute atomic E-state index is 13.5. The fraction of sp³-hybridized carbons (Fsp3) is 0.385. The third kappa shape index (κ3) is 10.9. The Labute approximate surface area is 420 Å². The van der Waals surface area contributed by atoms with Gasteiger partial charge in [0.25, 0.3) is 20.2 Å². The van der Waals surface area contributed by atoms with Crippen molar-refractivity contribution >= 4 is 66.2 Å². The summed E-state index contributed by atoms with van der Waals surface area (Å²) in [6, 6.07) is 17.0. The van der Waals surface area contributed by atoms with E-state index < -0.39 is 31.1 Å². The molecule has 5 aromatic rings. The van der Waals surface area contributed by atoms with E-state index in [1.165, 1.54) is 30.6 Å². The lowest BCUT2D eigenvalue weighted by Gasteiger charge is -2.30. The van der Waals surface area contributed by atoms with E-state index in [2.05, 4.69) is 40.0 Å². The van der Waals surface area contributed by atoms with Crippen molar-refractivity contribution in [2.45, 2.75) is 119 Å². The van der Waals surface area contributed by atoms with Crippen LogP contribution in [0.15, 0.2) is 113 Å². The maximum Gasteiger partial charge on any atom is 0.294 e. The zero-order chi connectivity index (χ0) is 51.6. The Balaban J connectivity index is 0.856. The van der Waals surface area contributed by atoms with E-state index in [0.29, 0.717) is 75.2 Å². The Morgan fingerprint density at radius 3 is 2.26 bits per heavy atom. The van der Waals surface area contributed by atoms with Crippen LogP contribution in [0.2, 0.25) is 0 Å². The minimum atomic E-state index is -4.50. The summed E-state index contributed by atoms with van der Waals surface area (Å²) in [5, 5.41) is 6.26. The number of H-pyrrole nitrogens is 1. The van der Waals surface area contributed by atoms with Crippen molar-refractivity contribution in [2.75, 3.05) is 23.7 Å². The number of imidazole rings is 1. The number of amides is 2. The Kier molecular flexibility index (Phi) is 14.9. The molecule has 0 bridgehead atoms. The highest BCUT2D eigenvalue weighted by Crippen LogP contribution is 2.51. The van der Waals surface area contributed by atoms with Crippen LogP contribution < -0.4 is 26.0 Å². The van der Waals surface area contributed by atoms with E-state index in [1.807, 2.05) is 89.3 Å². The number of nitrogens with one attached hydrogen (secondary N) is 3. The van der Waals surface area contributed by atoms with Crippen LogP contribution in [-0.2, 0) is 53.8 Å². The van der Waals surface area contributed by atoms with Gasteiger partial charge in [-0.2, -0.15) is 31.4 Å². The molecule has 1 aliphatic carbocycles. The first-order valence-electron chi connectivity index (χ1n) is 24.2. The molecule has 0 spiro atoms. The van der Waals surface area contributed by atoms with Crippen LogP contribution in [0.3, 0.4) is 0 Å². The lowest BCUT2D eigenvalue weighted by atomic mass is 9.77. The first-order chi connectivity index (χ1) is 34.2. The predicted octanol–water partition coefficient (Wildman–Crippen LogP) is 7.36. The fourth-order valence-corrected chi connectivity index (χ4v) is 11.4. The van der Waals surface area contributed by atoms with E-state index >= 15 is 0 Å². The molecule has 72 heavy (non-hydrogen) atoms. The van der Waals surface area contributed by atoms with Gasteiger partial charge >= 0.3 is 0 Å². The molecule has 2 amide bonds. The molecular formula is C52H62N9O9S2+. The first-order valence-corrected chi connectivity index (χ1v) is 27.1. The number of anilines is 2. The highest BCUT2D eigenvalue weighted by molar-refractivity contribution is 7.86. The fourth-order valence-electron chi connectivity index (χ4n) is 10.4. The van der Waals surface area contributed by atoms with Gasteiger partial charge in [0.15, 0.2) is 11.4 Å². The number of nitrogen functional groups attached to an aromatic ring is 1. The van der Waals surface area contributed by atoms with Gasteiger partial charge in [0.2, 0.25) is 29.3 Å². The average Bonchev–Trinajstić information content (AvgIpc) is 3.97. The number of allylic oxidation sites excluding steroid dienone is 6. The van der Waals surface area contributed by atoms with Gasteiger partial charge in [-0.15, -0.1) is 0 Å². The number of aromatic amines is 1. The number of hydrogen-bond donors (Lipinski definition) is 6. The van der Waals surface area contributed by atoms with Gasteiger partial charge in [0.1, 0.15) is 18.7 Å². The second-order valence-corrected chi connectivity index (χ2v) is 22.1. The number of ether oxygens (including phenoxy) is 1. The van der Waals surface area contributed by atoms with Crippen molar-refractivity contribution in [1.82, 2.24) is 30.6 Å². The van der Waals surface area contributed by atoms with E-state index in [4.69, 9.17) is 10.5 Å². The summed E-state index contributed by atoms with van der Waals surface area (Å²) in [5.41, 5.74) is 12.4. The smallest absolute Gasteiger partial charge is 0.294 e. The Morgan fingerprint density at radius 2 is 1.58 bits per heavy atom. The van der Waals surface area contributed by atoms with Crippen LogP contribution >= 0.6 is 0 Å². The summed E-state index contributed by atoms with van der Waals surface area (Å²) in [6.07, 6.45) is 15.1. The molecule has 3 aromatic carbocycles. The summed E-state index contributed by atoms with van der Waals surface area (Å²) < 4.78 is 76.4. The topological polar surface area (TPSA) is 263 Å². The molecular weight excluding hydrogens is 959 g/mol. The van der Waals surface area contributed by atoms with Crippen LogP contribution in [0.4, 0.5) is 17.3 Å². The van der Waals surface area contributed by atoms with E-state index in [-0.39, 0.29) is 52.5 Å². The molecule has 2 aromatic heterocycles. The molecule has 1 fully saturated rings. The standard InChI is InChI=1S/C52H61N9O9S2/c1-6-60-41-25-23-37(71(64,65)66)28-39(41)51(3,4)43(60)12-9-8-10-13-44-52(5,40-29-38(72(67,68)69)24-26-42(40)61(44)7-2)27-11-14-45(62)57-36-21-19-35(20-22-36)48(63)54-30-33-15-17-34(18-16-33)31-70-49-46-47(56-32-55-46)58-50(53)59-49/h8-10,12-13,15-18,23-26,28-29,32,35-36H,6-7,11,14,19-22,27,30-31H2,1-5H3,(H6-,53,54,55,56,57,58,59,62,63,64,65,66,67,68,69)/p+1. The number of carbonyl (C=O) groups is 2. The molecule has 4 heterocycles. The van der Waals surface area contributed by atoms with Crippen molar-refractivity contribution in [3.05, 3.63) is 125 Å². The highest BCUT2D eigenvalue weighted by atomic mass is 32.2. The molecule has 1 unspecified atom stereocenters. The third-order valence-electron chi connectivity index (χ3n) is 14.2. The molecule has 18 nitrogen and oxygen atoms in total. The van der Waals surface area contributed by atoms with Crippen LogP contribution in [-0.4, -0.2) is 87.1 Å². The van der Waals surface area contributed by atoms with Crippen LogP contribution in [0, 0.1) is 5.92 Å². The SMILES string of the molecule is CCN1/C(=C/C=C/C=C/C2=[N+](CC)c3ccc(S(=O)(=O)O)cc3C2(C)C)C(C)(CCCC(=O)NC2CCC(C(=O)NCc3ccc(COc4nc(N)nc5nc[nH]c45)cc3)CC2)c2cc(S(=O)(=O)O)ccc21. The summed E-state index contributed by atoms with van der Waals surface area (Å²) >= 11 is 0. The van der Waals surface area contributed by atoms with Crippen molar-refractivity contribution in [3.8, 4) is 5.88 Å². The van der Waals surface area contributed by atoms with Gasteiger partial charge in [0, 0.05) is 66.0 Å². The normalized spacial score (nSPS) is 20.4. The van der Waals surface area contributed by atoms with Crippen LogP contribution in [0.1, 0.15) is 102 Å². The zero-order valence-electron chi connectivity index (χ0n) is 41.1. The van der Waals surface area contributed by atoms with Crippen LogP contribution in [0.5, 0.6) is 5.88 Å². The number of fused-ring (bicyclic) bond motifs is 3.